The van der Waals surface area contributed by atoms with Gasteiger partial charge in [0.15, 0.2) is 0 Å². The third kappa shape index (κ3) is 4.34. The number of hydrogen-bond acceptors (Lipinski definition) is 1. The van der Waals surface area contributed by atoms with Crippen LogP contribution in [-0.4, -0.2) is 31.6 Å². The standard InChI is InChI=1S/C11H15BrN2O/c1-14(2)11(15)13-8-7-9-3-5-10(12)6-4-9/h3-6H,7-8H2,1-2H3,(H,13,15). The van der Waals surface area contributed by atoms with Crippen molar-refractivity contribution in [2.24, 2.45) is 0 Å². The predicted octanol–water partition coefficient (Wildman–Crippen LogP) is 2.26. The van der Waals surface area contributed by atoms with Gasteiger partial charge in [0.2, 0.25) is 0 Å². The van der Waals surface area contributed by atoms with Gasteiger partial charge in [-0.2, -0.15) is 0 Å². The predicted molar refractivity (Wildman–Crippen MR) is 64.9 cm³/mol. The van der Waals surface area contributed by atoms with E-state index >= 15 is 0 Å². The molecule has 1 aromatic rings. The Hall–Kier alpha value is -1.03. The van der Waals surface area contributed by atoms with Crippen LogP contribution in [-0.2, 0) is 6.42 Å². The molecule has 0 spiro atoms. The third-order valence-electron chi connectivity index (χ3n) is 2.01. The number of carbonyl (C=O) groups is 1. The van der Waals surface area contributed by atoms with Crippen molar-refractivity contribution in [1.82, 2.24) is 10.2 Å². The van der Waals surface area contributed by atoms with Gasteiger partial charge in [0.25, 0.3) is 0 Å². The summed E-state index contributed by atoms with van der Waals surface area (Å²) in [6, 6.07) is 8.05. The van der Waals surface area contributed by atoms with Crippen molar-refractivity contribution in [1.29, 1.82) is 0 Å². The summed E-state index contributed by atoms with van der Waals surface area (Å²) in [5, 5.41) is 2.82. The van der Waals surface area contributed by atoms with Crippen molar-refractivity contribution in [2.75, 3.05) is 20.6 Å². The summed E-state index contributed by atoms with van der Waals surface area (Å²) < 4.78 is 1.07. The molecule has 0 aromatic heterocycles. The van der Waals surface area contributed by atoms with Crippen molar-refractivity contribution >= 4 is 22.0 Å². The second-order valence-electron chi connectivity index (χ2n) is 3.50. The minimum absolute atomic E-state index is 0.0490. The Balaban J connectivity index is 2.32. The van der Waals surface area contributed by atoms with Gasteiger partial charge in [0.05, 0.1) is 0 Å². The number of carbonyl (C=O) groups excluding carboxylic acids is 1. The van der Waals surface area contributed by atoms with Gasteiger partial charge < -0.3 is 10.2 Å². The average molecular weight is 271 g/mol. The normalized spacial score (nSPS) is 9.80. The first-order chi connectivity index (χ1) is 7.09. The average Bonchev–Trinajstić information content (AvgIpc) is 2.20. The minimum Gasteiger partial charge on any atom is -0.338 e. The van der Waals surface area contributed by atoms with E-state index in [0.29, 0.717) is 6.54 Å². The molecule has 0 saturated carbocycles. The van der Waals surface area contributed by atoms with Gasteiger partial charge in [-0.1, -0.05) is 28.1 Å². The summed E-state index contributed by atoms with van der Waals surface area (Å²) in [7, 11) is 3.46. The van der Waals surface area contributed by atoms with Crippen LogP contribution in [0.25, 0.3) is 0 Å². The highest BCUT2D eigenvalue weighted by atomic mass is 79.9. The van der Waals surface area contributed by atoms with E-state index in [4.69, 9.17) is 0 Å². The molecule has 2 amide bonds. The molecule has 1 aromatic carbocycles. The van der Waals surface area contributed by atoms with E-state index < -0.39 is 0 Å². The molecule has 0 heterocycles. The Labute approximate surface area is 98.6 Å². The van der Waals surface area contributed by atoms with Crippen molar-refractivity contribution in [2.45, 2.75) is 6.42 Å². The zero-order valence-electron chi connectivity index (χ0n) is 8.96. The number of urea groups is 1. The third-order valence-corrected chi connectivity index (χ3v) is 2.54. The topological polar surface area (TPSA) is 32.3 Å². The van der Waals surface area contributed by atoms with E-state index in [0.717, 1.165) is 10.9 Å². The fraction of sp³-hybridized carbons (Fsp3) is 0.364. The lowest BCUT2D eigenvalue weighted by atomic mass is 10.1. The summed E-state index contributed by atoms with van der Waals surface area (Å²) in [4.78, 5) is 12.7. The van der Waals surface area contributed by atoms with Gasteiger partial charge in [0, 0.05) is 25.1 Å². The Bertz CT molecular complexity index is 322. The van der Waals surface area contributed by atoms with Crippen LogP contribution in [0.4, 0.5) is 4.79 Å². The van der Waals surface area contributed by atoms with Gasteiger partial charge in [-0.15, -0.1) is 0 Å². The first-order valence-corrected chi connectivity index (χ1v) is 5.58. The van der Waals surface area contributed by atoms with Crippen LogP contribution in [0.5, 0.6) is 0 Å². The summed E-state index contributed by atoms with van der Waals surface area (Å²) in [5.74, 6) is 0. The van der Waals surface area contributed by atoms with Crippen LogP contribution in [0.1, 0.15) is 5.56 Å². The molecule has 3 nitrogen and oxygen atoms in total. The first-order valence-electron chi connectivity index (χ1n) is 4.79. The molecule has 1 rings (SSSR count). The molecule has 0 aliphatic rings. The molecule has 0 fully saturated rings. The maximum absolute atomic E-state index is 11.2. The molecular formula is C11H15BrN2O. The molecule has 0 atom stereocenters. The Kier molecular flexibility index (Phi) is 4.62. The highest BCUT2D eigenvalue weighted by Crippen LogP contribution is 2.10. The van der Waals surface area contributed by atoms with Gasteiger partial charge in [-0.05, 0) is 24.1 Å². The Morgan fingerprint density at radius 2 is 1.93 bits per heavy atom. The molecule has 0 aliphatic carbocycles. The lowest BCUT2D eigenvalue weighted by molar-refractivity contribution is 0.217. The van der Waals surface area contributed by atoms with E-state index in [-0.39, 0.29) is 6.03 Å². The molecule has 4 heteroatoms. The van der Waals surface area contributed by atoms with Crippen molar-refractivity contribution in [3.8, 4) is 0 Å². The second kappa shape index (κ2) is 5.75. The molecule has 82 valence electrons. The zero-order valence-corrected chi connectivity index (χ0v) is 10.5. The second-order valence-corrected chi connectivity index (χ2v) is 4.42. The number of rotatable bonds is 3. The molecular weight excluding hydrogens is 256 g/mol. The summed E-state index contributed by atoms with van der Waals surface area (Å²) in [6.45, 7) is 0.665. The van der Waals surface area contributed by atoms with Crippen molar-refractivity contribution in [3.63, 3.8) is 0 Å². The molecule has 0 bridgehead atoms. The van der Waals surface area contributed by atoms with Crippen LogP contribution >= 0.6 is 15.9 Å². The van der Waals surface area contributed by atoms with E-state index in [9.17, 15) is 4.79 Å². The largest absolute Gasteiger partial charge is 0.338 e. The maximum atomic E-state index is 11.2. The summed E-state index contributed by atoms with van der Waals surface area (Å²) in [5.41, 5.74) is 1.22. The van der Waals surface area contributed by atoms with Crippen LogP contribution < -0.4 is 5.32 Å². The molecule has 0 saturated heterocycles. The van der Waals surface area contributed by atoms with Gasteiger partial charge >= 0.3 is 6.03 Å². The van der Waals surface area contributed by atoms with Crippen LogP contribution in [0.3, 0.4) is 0 Å². The number of nitrogens with one attached hydrogen (secondary N) is 1. The molecule has 15 heavy (non-hydrogen) atoms. The summed E-state index contributed by atoms with van der Waals surface area (Å²) in [6.07, 6.45) is 0.854. The van der Waals surface area contributed by atoms with Crippen molar-refractivity contribution < 1.29 is 4.79 Å². The Morgan fingerprint density at radius 1 is 1.33 bits per heavy atom. The van der Waals surface area contributed by atoms with E-state index in [1.54, 1.807) is 14.1 Å². The van der Waals surface area contributed by atoms with Crippen molar-refractivity contribution in [3.05, 3.63) is 34.3 Å². The number of halogens is 1. The van der Waals surface area contributed by atoms with E-state index in [1.807, 2.05) is 24.3 Å². The number of nitrogens with zero attached hydrogens (tertiary/aromatic N) is 1. The number of hydrogen-bond donors (Lipinski definition) is 1. The quantitative estimate of drug-likeness (QED) is 0.898. The van der Waals surface area contributed by atoms with Crippen LogP contribution in [0.2, 0.25) is 0 Å². The fourth-order valence-corrected chi connectivity index (χ4v) is 1.39. The smallest absolute Gasteiger partial charge is 0.316 e. The van der Waals surface area contributed by atoms with Gasteiger partial charge in [-0.25, -0.2) is 4.79 Å². The van der Waals surface area contributed by atoms with Gasteiger partial charge in [-0.3, -0.25) is 0 Å². The number of benzene rings is 1. The molecule has 1 N–H and O–H groups in total. The number of amides is 2. The molecule has 0 radical (unpaired) electrons. The maximum Gasteiger partial charge on any atom is 0.316 e. The monoisotopic (exact) mass is 270 g/mol. The fourth-order valence-electron chi connectivity index (χ4n) is 1.12. The Morgan fingerprint density at radius 3 is 2.47 bits per heavy atom. The molecule has 0 aliphatic heterocycles. The minimum atomic E-state index is -0.0490. The molecule has 0 unspecified atom stereocenters. The van der Waals surface area contributed by atoms with Gasteiger partial charge in [0.1, 0.15) is 0 Å². The van der Waals surface area contributed by atoms with E-state index in [2.05, 4.69) is 21.2 Å². The SMILES string of the molecule is CN(C)C(=O)NCCc1ccc(Br)cc1. The zero-order chi connectivity index (χ0) is 11.3. The van der Waals surface area contributed by atoms with E-state index in [1.165, 1.54) is 10.5 Å². The summed E-state index contributed by atoms with van der Waals surface area (Å²) >= 11 is 3.38. The lowest BCUT2D eigenvalue weighted by Gasteiger charge is -2.11. The van der Waals surface area contributed by atoms with Crippen LogP contribution in [0, 0.1) is 0 Å². The van der Waals surface area contributed by atoms with Crippen LogP contribution in [0.15, 0.2) is 28.7 Å². The highest BCUT2D eigenvalue weighted by Gasteiger charge is 2.01. The highest BCUT2D eigenvalue weighted by molar-refractivity contribution is 9.10. The first kappa shape index (κ1) is 12.0. The lowest BCUT2D eigenvalue weighted by Crippen LogP contribution is -2.35.